The molecular formula is C11H22N2O5. The van der Waals surface area contributed by atoms with Gasteiger partial charge in [-0.3, -0.25) is 10.2 Å². The molecule has 3 N–H and O–H groups in total. The second-order valence-electron chi connectivity index (χ2n) is 4.74. The predicted octanol–water partition coefficient (Wildman–Crippen LogP) is 0.328. The lowest BCUT2D eigenvalue weighted by Gasteiger charge is -2.23. The van der Waals surface area contributed by atoms with Crippen LogP contribution in [0.3, 0.4) is 0 Å². The number of esters is 1. The van der Waals surface area contributed by atoms with E-state index in [1.807, 2.05) is 0 Å². The molecule has 2 atom stereocenters. The Balaban J connectivity index is 4.28. The number of nitrogens with one attached hydrogen (secondary N) is 2. The van der Waals surface area contributed by atoms with Gasteiger partial charge in [0.25, 0.3) is 0 Å². The monoisotopic (exact) mass is 262 g/mol. The Morgan fingerprint density at radius 3 is 2.28 bits per heavy atom. The molecule has 0 saturated carbocycles. The Labute approximate surface area is 107 Å². The summed E-state index contributed by atoms with van der Waals surface area (Å²) in [5.74, 6) is -0.649. The largest absolute Gasteiger partial charge is 0.465 e. The molecule has 0 aliphatic carbocycles. The molecule has 1 unspecified atom stereocenters. The normalized spacial score (nSPS) is 14.6. The second kappa shape index (κ2) is 7.17. The van der Waals surface area contributed by atoms with Gasteiger partial charge < -0.3 is 14.6 Å². The van der Waals surface area contributed by atoms with Crippen molar-refractivity contribution in [2.24, 2.45) is 0 Å². The van der Waals surface area contributed by atoms with Crippen molar-refractivity contribution in [2.75, 3.05) is 6.61 Å². The zero-order valence-corrected chi connectivity index (χ0v) is 11.4. The smallest absolute Gasteiger partial charge is 0.422 e. The van der Waals surface area contributed by atoms with Gasteiger partial charge in [-0.25, -0.2) is 10.2 Å². The van der Waals surface area contributed by atoms with E-state index in [9.17, 15) is 14.7 Å². The minimum absolute atomic E-state index is 0.191. The van der Waals surface area contributed by atoms with Gasteiger partial charge in [0.1, 0.15) is 11.6 Å². The molecular weight excluding hydrogens is 240 g/mol. The molecule has 7 heteroatoms. The van der Waals surface area contributed by atoms with E-state index in [0.29, 0.717) is 0 Å². The summed E-state index contributed by atoms with van der Waals surface area (Å²) in [5, 5.41) is 9.40. The lowest BCUT2D eigenvalue weighted by atomic mass is 10.2. The first kappa shape index (κ1) is 16.7. The van der Waals surface area contributed by atoms with E-state index >= 15 is 0 Å². The van der Waals surface area contributed by atoms with Crippen molar-refractivity contribution in [3.05, 3.63) is 0 Å². The molecule has 18 heavy (non-hydrogen) atoms. The molecule has 106 valence electrons. The van der Waals surface area contributed by atoms with Crippen molar-refractivity contribution in [2.45, 2.75) is 52.4 Å². The lowest BCUT2D eigenvalue weighted by Crippen LogP contribution is -2.54. The minimum Gasteiger partial charge on any atom is -0.465 e. The number of aliphatic hydroxyl groups is 1. The standard InChI is InChI=1S/C11H22N2O5/c1-6-17-9(15)8(7(2)14)12-13-10(16)18-11(3,4)5/h7-8,12,14H,6H2,1-5H3,(H,13,16)/t7-,8?/m1/s1. The molecule has 0 saturated heterocycles. The Kier molecular flexibility index (Phi) is 6.64. The number of rotatable bonds is 5. The van der Waals surface area contributed by atoms with E-state index in [2.05, 4.69) is 10.9 Å². The topological polar surface area (TPSA) is 96.9 Å². The minimum atomic E-state index is -1.04. The molecule has 0 spiro atoms. The van der Waals surface area contributed by atoms with Gasteiger partial charge in [-0.2, -0.15) is 0 Å². The van der Waals surface area contributed by atoms with Gasteiger partial charge in [-0.1, -0.05) is 0 Å². The van der Waals surface area contributed by atoms with Gasteiger partial charge in [0, 0.05) is 0 Å². The molecule has 0 aromatic carbocycles. The van der Waals surface area contributed by atoms with Gasteiger partial charge in [0.15, 0.2) is 0 Å². The van der Waals surface area contributed by atoms with Crippen LogP contribution in [0.4, 0.5) is 4.79 Å². The average Bonchev–Trinajstić information content (AvgIpc) is 2.14. The number of amides is 1. The maximum absolute atomic E-state index is 11.4. The van der Waals surface area contributed by atoms with Gasteiger partial charge in [0.2, 0.25) is 0 Å². The van der Waals surface area contributed by atoms with Crippen molar-refractivity contribution in [3.8, 4) is 0 Å². The number of hydrogen-bond donors (Lipinski definition) is 3. The summed E-state index contributed by atoms with van der Waals surface area (Å²) >= 11 is 0. The highest BCUT2D eigenvalue weighted by Gasteiger charge is 2.26. The van der Waals surface area contributed by atoms with Crippen molar-refractivity contribution in [1.29, 1.82) is 0 Å². The Morgan fingerprint density at radius 1 is 1.33 bits per heavy atom. The number of hydrazine groups is 1. The van der Waals surface area contributed by atoms with E-state index in [-0.39, 0.29) is 6.61 Å². The fraction of sp³-hybridized carbons (Fsp3) is 0.818. The second-order valence-corrected chi connectivity index (χ2v) is 4.74. The molecule has 0 radical (unpaired) electrons. The summed E-state index contributed by atoms with van der Waals surface area (Å²) in [7, 11) is 0. The molecule has 0 aliphatic heterocycles. The van der Waals surface area contributed by atoms with Gasteiger partial charge in [-0.15, -0.1) is 0 Å². The first-order valence-corrected chi connectivity index (χ1v) is 5.76. The van der Waals surface area contributed by atoms with Crippen LogP contribution in [0.2, 0.25) is 0 Å². The van der Waals surface area contributed by atoms with Gasteiger partial charge in [-0.05, 0) is 34.6 Å². The molecule has 0 aromatic heterocycles. The quantitative estimate of drug-likeness (QED) is 0.488. The predicted molar refractivity (Wildman–Crippen MR) is 64.6 cm³/mol. The Morgan fingerprint density at radius 2 is 1.89 bits per heavy atom. The van der Waals surface area contributed by atoms with Crippen LogP contribution in [-0.4, -0.2) is 41.5 Å². The third-order valence-corrected chi connectivity index (χ3v) is 1.75. The average molecular weight is 262 g/mol. The van der Waals surface area contributed by atoms with Crippen molar-refractivity contribution in [3.63, 3.8) is 0 Å². The molecule has 7 nitrogen and oxygen atoms in total. The number of carbonyl (C=O) groups excluding carboxylic acids is 2. The van der Waals surface area contributed by atoms with Crippen LogP contribution in [0.5, 0.6) is 0 Å². The van der Waals surface area contributed by atoms with Crippen LogP contribution in [-0.2, 0) is 14.3 Å². The highest BCUT2D eigenvalue weighted by atomic mass is 16.6. The SMILES string of the molecule is CCOC(=O)C(NNC(=O)OC(C)(C)C)[C@@H](C)O. The van der Waals surface area contributed by atoms with E-state index in [4.69, 9.17) is 9.47 Å². The van der Waals surface area contributed by atoms with Crippen molar-refractivity contribution in [1.82, 2.24) is 10.9 Å². The molecule has 0 aliphatic rings. The Hall–Kier alpha value is -1.34. The van der Waals surface area contributed by atoms with E-state index < -0.39 is 29.8 Å². The van der Waals surface area contributed by atoms with E-state index in [0.717, 1.165) is 0 Å². The third-order valence-electron chi connectivity index (χ3n) is 1.75. The maximum Gasteiger partial charge on any atom is 0.422 e. The van der Waals surface area contributed by atoms with Gasteiger partial charge >= 0.3 is 12.1 Å². The number of aliphatic hydroxyl groups excluding tert-OH is 1. The summed E-state index contributed by atoms with van der Waals surface area (Å²) in [6, 6.07) is -1.04. The molecule has 0 fully saturated rings. The Bertz CT molecular complexity index is 286. The van der Waals surface area contributed by atoms with Gasteiger partial charge in [0.05, 0.1) is 12.7 Å². The number of hydrogen-bond acceptors (Lipinski definition) is 6. The summed E-state index contributed by atoms with van der Waals surface area (Å²) < 4.78 is 9.71. The number of ether oxygens (including phenoxy) is 2. The van der Waals surface area contributed by atoms with Crippen LogP contribution < -0.4 is 10.9 Å². The van der Waals surface area contributed by atoms with Crippen molar-refractivity contribution >= 4 is 12.1 Å². The highest BCUT2D eigenvalue weighted by Crippen LogP contribution is 2.06. The van der Waals surface area contributed by atoms with Crippen LogP contribution >= 0.6 is 0 Å². The van der Waals surface area contributed by atoms with Crippen LogP contribution in [0.15, 0.2) is 0 Å². The fourth-order valence-electron chi connectivity index (χ4n) is 1.05. The maximum atomic E-state index is 11.4. The van der Waals surface area contributed by atoms with E-state index in [1.54, 1.807) is 27.7 Å². The zero-order chi connectivity index (χ0) is 14.3. The first-order chi connectivity index (χ1) is 8.17. The van der Waals surface area contributed by atoms with Crippen LogP contribution in [0.25, 0.3) is 0 Å². The summed E-state index contributed by atoms with van der Waals surface area (Å²) in [6.07, 6.45) is -1.75. The lowest BCUT2D eigenvalue weighted by molar-refractivity contribution is -0.148. The van der Waals surface area contributed by atoms with Crippen molar-refractivity contribution < 1.29 is 24.2 Å². The molecule has 0 heterocycles. The molecule has 0 bridgehead atoms. The number of carbonyl (C=O) groups is 2. The molecule has 1 amide bonds. The van der Waals surface area contributed by atoms with E-state index in [1.165, 1.54) is 6.92 Å². The third kappa shape index (κ3) is 7.08. The molecule has 0 rings (SSSR count). The molecule has 0 aromatic rings. The zero-order valence-electron chi connectivity index (χ0n) is 11.4. The summed E-state index contributed by atoms with van der Waals surface area (Å²) in [5.41, 5.74) is 3.92. The highest BCUT2D eigenvalue weighted by molar-refractivity contribution is 5.77. The summed E-state index contributed by atoms with van der Waals surface area (Å²) in [4.78, 5) is 22.8. The summed E-state index contributed by atoms with van der Waals surface area (Å²) in [6.45, 7) is 8.39. The first-order valence-electron chi connectivity index (χ1n) is 5.76. The fourth-order valence-corrected chi connectivity index (χ4v) is 1.05. The van der Waals surface area contributed by atoms with Crippen LogP contribution in [0, 0.1) is 0 Å². The van der Waals surface area contributed by atoms with Crippen LogP contribution in [0.1, 0.15) is 34.6 Å².